The molecule has 1 N–H and O–H groups in total. The van der Waals surface area contributed by atoms with Gasteiger partial charge in [-0.25, -0.2) is 0 Å². The van der Waals surface area contributed by atoms with E-state index < -0.39 is 0 Å². The Morgan fingerprint density at radius 2 is 1.64 bits per heavy atom. The second-order valence-corrected chi connectivity index (χ2v) is 8.95. The highest BCUT2D eigenvalue weighted by Crippen LogP contribution is 2.21. The molecule has 182 valence electrons. The van der Waals surface area contributed by atoms with Crippen LogP contribution in [0, 0.1) is 0 Å². The lowest BCUT2D eigenvalue weighted by atomic mass is 10.2. The van der Waals surface area contributed by atoms with E-state index in [9.17, 15) is 9.59 Å². The Hall–Kier alpha value is -1.88. The van der Waals surface area contributed by atoms with E-state index in [2.05, 4.69) is 32.2 Å². The molecule has 0 spiro atoms. The van der Waals surface area contributed by atoms with Crippen molar-refractivity contribution in [1.29, 1.82) is 0 Å². The SMILES string of the molecule is CN=C(NCc1ccc(N2CCCC2=O)cc1)N1CCN(C(C)C(=O)N2CCCC2)CC1.I. The fraction of sp³-hybridized carbons (Fsp3) is 0.625. The lowest BCUT2D eigenvalue weighted by molar-refractivity contribution is -0.135. The fourth-order valence-corrected chi connectivity index (χ4v) is 4.91. The number of likely N-dealkylation sites (tertiary alicyclic amines) is 1. The number of carbonyl (C=O) groups is 2. The van der Waals surface area contributed by atoms with Crippen molar-refractivity contribution in [2.45, 2.75) is 45.2 Å². The van der Waals surface area contributed by atoms with E-state index in [0.29, 0.717) is 13.0 Å². The second-order valence-electron chi connectivity index (χ2n) is 8.95. The van der Waals surface area contributed by atoms with Gasteiger partial charge >= 0.3 is 0 Å². The lowest BCUT2D eigenvalue weighted by Gasteiger charge is -2.39. The quantitative estimate of drug-likeness (QED) is 0.335. The van der Waals surface area contributed by atoms with Crippen LogP contribution in [-0.4, -0.2) is 91.4 Å². The van der Waals surface area contributed by atoms with Crippen molar-refractivity contribution in [3.8, 4) is 0 Å². The summed E-state index contributed by atoms with van der Waals surface area (Å²) >= 11 is 0. The van der Waals surface area contributed by atoms with E-state index in [-0.39, 0.29) is 41.8 Å². The first-order valence-electron chi connectivity index (χ1n) is 11.9. The maximum atomic E-state index is 12.7. The average molecular weight is 569 g/mol. The number of nitrogens with one attached hydrogen (secondary N) is 1. The van der Waals surface area contributed by atoms with Crippen LogP contribution in [-0.2, 0) is 16.1 Å². The van der Waals surface area contributed by atoms with Crippen LogP contribution in [0.1, 0.15) is 38.2 Å². The molecular weight excluding hydrogens is 531 g/mol. The van der Waals surface area contributed by atoms with Crippen molar-refractivity contribution in [3.63, 3.8) is 0 Å². The van der Waals surface area contributed by atoms with E-state index in [1.165, 1.54) is 0 Å². The van der Waals surface area contributed by atoms with Gasteiger partial charge in [-0.1, -0.05) is 12.1 Å². The number of rotatable bonds is 5. The summed E-state index contributed by atoms with van der Waals surface area (Å²) in [5.74, 6) is 1.38. The zero-order valence-electron chi connectivity index (χ0n) is 19.8. The number of halogens is 1. The zero-order valence-corrected chi connectivity index (χ0v) is 22.2. The van der Waals surface area contributed by atoms with Crippen LogP contribution in [0.5, 0.6) is 0 Å². The van der Waals surface area contributed by atoms with Crippen LogP contribution in [0.3, 0.4) is 0 Å². The number of piperazine rings is 1. The minimum Gasteiger partial charge on any atom is -0.352 e. The lowest BCUT2D eigenvalue weighted by Crippen LogP contribution is -2.57. The molecule has 0 bridgehead atoms. The summed E-state index contributed by atoms with van der Waals surface area (Å²) in [4.78, 5) is 37.6. The normalized spacial score (nSPS) is 20.7. The van der Waals surface area contributed by atoms with Crippen molar-refractivity contribution in [2.75, 3.05) is 57.8 Å². The minimum absolute atomic E-state index is 0. The largest absolute Gasteiger partial charge is 0.352 e. The average Bonchev–Trinajstić information content (AvgIpc) is 3.51. The van der Waals surface area contributed by atoms with Gasteiger partial charge < -0.3 is 20.0 Å². The van der Waals surface area contributed by atoms with Crippen molar-refractivity contribution in [2.24, 2.45) is 4.99 Å². The molecule has 1 unspecified atom stereocenters. The third-order valence-electron chi connectivity index (χ3n) is 6.92. The van der Waals surface area contributed by atoms with E-state index in [1.807, 2.05) is 35.9 Å². The molecule has 0 saturated carbocycles. The van der Waals surface area contributed by atoms with Crippen molar-refractivity contribution in [3.05, 3.63) is 29.8 Å². The first kappa shape index (κ1) is 25.7. The van der Waals surface area contributed by atoms with E-state index in [0.717, 1.165) is 82.3 Å². The first-order valence-corrected chi connectivity index (χ1v) is 11.9. The van der Waals surface area contributed by atoms with Gasteiger partial charge in [0.05, 0.1) is 6.04 Å². The Kier molecular flexibility index (Phi) is 9.37. The smallest absolute Gasteiger partial charge is 0.239 e. The van der Waals surface area contributed by atoms with Gasteiger partial charge in [0.15, 0.2) is 5.96 Å². The molecular formula is C24H37IN6O2. The Balaban J connectivity index is 0.00000306. The van der Waals surface area contributed by atoms with Crippen LogP contribution in [0.25, 0.3) is 0 Å². The maximum Gasteiger partial charge on any atom is 0.239 e. The molecule has 0 aliphatic carbocycles. The van der Waals surface area contributed by atoms with E-state index in [4.69, 9.17) is 0 Å². The molecule has 33 heavy (non-hydrogen) atoms. The van der Waals surface area contributed by atoms with Crippen molar-refractivity contribution in [1.82, 2.24) is 20.0 Å². The number of nitrogens with zero attached hydrogens (tertiary/aromatic N) is 5. The van der Waals surface area contributed by atoms with Gasteiger partial charge in [0.25, 0.3) is 0 Å². The first-order chi connectivity index (χ1) is 15.6. The zero-order chi connectivity index (χ0) is 22.5. The van der Waals surface area contributed by atoms with Crippen LogP contribution >= 0.6 is 24.0 Å². The molecule has 3 fully saturated rings. The fourth-order valence-electron chi connectivity index (χ4n) is 4.91. The Morgan fingerprint density at radius 3 is 2.21 bits per heavy atom. The molecule has 3 aliphatic rings. The molecule has 2 amide bonds. The maximum absolute atomic E-state index is 12.7. The summed E-state index contributed by atoms with van der Waals surface area (Å²) < 4.78 is 0. The Bertz CT molecular complexity index is 832. The highest BCUT2D eigenvalue weighted by atomic mass is 127. The molecule has 3 aliphatic heterocycles. The van der Waals surface area contributed by atoms with Gasteiger partial charge in [-0.2, -0.15) is 0 Å². The molecule has 1 atom stereocenters. The number of carbonyl (C=O) groups excluding carboxylic acids is 2. The van der Waals surface area contributed by atoms with Gasteiger partial charge in [-0.15, -0.1) is 24.0 Å². The van der Waals surface area contributed by atoms with E-state index in [1.54, 1.807) is 0 Å². The molecule has 4 rings (SSSR count). The molecule has 0 aromatic heterocycles. The summed E-state index contributed by atoms with van der Waals surface area (Å²) in [5.41, 5.74) is 2.14. The summed E-state index contributed by atoms with van der Waals surface area (Å²) in [5, 5.41) is 3.47. The number of guanidine groups is 1. The Morgan fingerprint density at radius 1 is 0.970 bits per heavy atom. The molecule has 0 radical (unpaired) electrons. The number of amides is 2. The number of anilines is 1. The predicted molar refractivity (Wildman–Crippen MR) is 142 cm³/mol. The summed E-state index contributed by atoms with van der Waals surface area (Å²) in [6.45, 7) is 8.80. The van der Waals surface area contributed by atoms with Gasteiger partial charge in [0.1, 0.15) is 0 Å². The molecule has 8 nitrogen and oxygen atoms in total. The van der Waals surface area contributed by atoms with Crippen LogP contribution < -0.4 is 10.2 Å². The van der Waals surface area contributed by atoms with Gasteiger partial charge in [-0.3, -0.25) is 19.5 Å². The van der Waals surface area contributed by atoms with Crippen LogP contribution in [0.4, 0.5) is 5.69 Å². The minimum atomic E-state index is -0.0498. The number of hydrogen-bond acceptors (Lipinski definition) is 4. The molecule has 1 aromatic carbocycles. The topological polar surface area (TPSA) is 71.5 Å². The number of benzene rings is 1. The third-order valence-corrected chi connectivity index (χ3v) is 6.92. The van der Waals surface area contributed by atoms with Crippen molar-refractivity contribution < 1.29 is 9.59 Å². The molecule has 1 aromatic rings. The predicted octanol–water partition coefficient (Wildman–Crippen LogP) is 2.14. The van der Waals surface area contributed by atoms with Crippen molar-refractivity contribution >= 4 is 47.4 Å². The van der Waals surface area contributed by atoms with Gasteiger partial charge in [0.2, 0.25) is 11.8 Å². The monoisotopic (exact) mass is 568 g/mol. The summed E-state index contributed by atoms with van der Waals surface area (Å²) in [6.07, 6.45) is 3.86. The van der Waals surface area contributed by atoms with E-state index >= 15 is 0 Å². The highest BCUT2D eigenvalue weighted by molar-refractivity contribution is 14.0. The van der Waals surface area contributed by atoms with Crippen LogP contribution in [0.15, 0.2) is 29.3 Å². The second kappa shape index (κ2) is 12.0. The highest BCUT2D eigenvalue weighted by Gasteiger charge is 2.30. The molecule has 3 saturated heterocycles. The standard InChI is InChI=1S/C24H36N6O2.HI/c1-19(23(32)28-11-3-4-12-28)27-14-16-29(17-15-27)24(25-2)26-18-20-7-9-21(10-8-20)30-13-5-6-22(30)31;/h7-10,19H,3-6,11-18H2,1-2H3,(H,25,26);1H. The van der Waals surface area contributed by atoms with Gasteiger partial charge in [0, 0.05) is 71.5 Å². The number of hydrogen-bond donors (Lipinski definition) is 1. The molecule has 9 heteroatoms. The van der Waals surface area contributed by atoms with Gasteiger partial charge in [-0.05, 0) is 43.9 Å². The third kappa shape index (κ3) is 6.17. The summed E-state index contributed by atoms with van der Waals surface area (Å²) in [7, 11) is 1.82. The van der Waals surface area contributed by atoms with Crippen LogP contribution in [0.2, 0.25) is 0 Å². The molecule has 3 heterocycles. The Labute approximate surface area is 214 Å². The summed E-state index contributed by atoms with van der Waals surface area (Å²) in [6, 6.07) is 8.16. The number of aliphatic imine (C=N–C) groups is 1.